The number of piperidine rings is 1. The van der Waals surface area contributed by atoms with Gasteiger partial charge in [0.1, 0.15) is 0 Å². The number of aliphatic hydroxyl groups is 2. The lowest BCUT2D eigenvalue weighted by molar-refractivity contribution is -0.220. The molecular weight excluding hydrogens is 230 g/mol. The molecule has 1 fully saturated rings. The van der Waals surface area contributed by atoms with E-state index in [4.69, 9.17) is 4.74 Å². The molecule has 2 atom stereocenters. The van der Waals surface area contributed by atoms with Gasteiger partial charge in [0.15, 0.2) is 0 Å². The topological polar surface area (TPSA) is 52.9 Å². The Kier molecular flexibility index (Phi) is 5.13. The molecule has 0 amide bonds. The zero-order valence-corrected chi connectivity index (χ0v) is 10.5. The molecule has 0 aliphatic carbocycles. The Morgan fingerprint density at radius 2 is 2.06 bits per heavy atom. The van der Waals surface area contributed by atoms with E-state index in [1.165, 1.54) is 0 Å². The Hall–Kier alpha value is -0.940. The second-order valence-electron chi connectivity index (χ2n) is 4.69. The highest BCUT2D eigenvalue weighted by Crippen LogP contribution is 2.19. The molecule has 4 heteroatoms. The molecule has 1 aromatic rings. The first-order valence-electron chi connectivity index (χ1n) is 6.51. The van der Waals surface area contributed by atoms with Gasteiger partial charge in [0, 0.05) is 12.6 Å². The van der Waals surface area contributed by atoms with Crippen molar-refractivity contribution in [2.45, 2.75) is 38.3 Å². The summed E-state index contributed by atoms with van der Waals surface area (Å²) in [5.74, 6) is 0. The summed E-state index contributed by atoms with van der Waals surface area (Å²) < 4.78 is 5.47. The van der Waals surface area contributed by atoms with E-state index < -0.39 is 6.41 Å². The smallest absolute Gasteiger partial charge is 0.216 e. The van der Waals surface area contributed by atoms with Crippen LogP contribution in [0.25, 0.3) is 0 Å². The molecule has 1 saturated heterocycles. The van der Waals surface area contributed by atoms with E-state index in [0.717, 1.165) is 31.4 Å². The molecule has 0 bridgehead atoms. The minimum Gasteiger partial charge on any atom is -0.395 e. The van der Waals surface area contributed by atoms with Crippen molar-refractivity contribution in [3.8, 4) is 0 Å². The lowest BCUT2D eigenvalue weighted by Gasteiger charge is -2.37. The quantitative estimate of drug-likeness (QED) is 0.775. The Morgan fingerprint density at radius 3 is 2.78 bits per heavy atom. The molecule has 2 rings (SSSR count). The lowest BCUT2D eigenvalue weighted by Crippen LogP contribution is -2.49. The van der Waals surface area contributed by atoms with Crippen LogP contribution in [-0.2, 0) is 11.3 Å². The highest BCUT2D eigenvalue weighted by molar-refractivity contribution is 5.13. The predicted molar refractivity (Wildman–Crippen MR) is 68.7 cm³/mol. The minimum atomic E-state index is -0.928. The van der Waals surface area contributed by atoms with Gasteiger partial charge >= 0.3 is 0 Å². The molecule has 1 aliphatic heterocycles. The van der Waals surface area contributed by atoms with Gasteiger partial charge in [-0.3, -0.25) is 4.90 Å². The molecule has 0 saturated carbocycles. The maximum atomic E-state index is 10.0. The van der Waals surface area contributed by atoms with Crippen molar-refractivity contribution in [2.75, 3.05) is 13.2 Å². The third-order valence-corrected chi connectivity index (χ3v) is 3.41. The zero-order valence-electron chi connectivity index (χ0n) is 10.5. The lowest BCUT2D eigenvalue weighted by atomic mass is 10.0. The molecule has 1 aromatic carbocycles. The number of benzene rings is 1. The van der Waals surface area contributed by atoms with E-state index in [9.17, 15) is 10.2 Å². The van der Waals surface area contributed by atoms with Gasteiger partial charge in [0.2, 0.25) is 6.41 Å². The number of ether oxygens (including phenoxy) is 1. The van der Waals surface area contributed by atoms with E-state index in [0.29, 0.717) is 6.61 Å². The Balaban J connectivity index is 1.85. The Bertz CT molecular complexity index is 344. The van der Waals surface area contributed by atoms with Crippen molar-refractivity contribution in [3.63, 3.8) is 0 Å². The Morgan fingerprint density at radius 1 is 1.28 bits per heavy atom. The van der Waals surface area contributed by atoms with E-state index in [1.54, 1.807) is 0 Å². The first-order chi connectivity index (χ1) is 8.81. The van der Waals surface area contributed by atoms with Crippen molar-refractivity contribution >= 4 is 0 Å². The van der Waals surface area contributed by atoms with E-state index in [1.807, 2.05) is 35.2 Å². The third-order valence-electron chi connectivity index (χ3n) is 3.41. The molecule has 100 valence electrons. The fraction of sp³-hybridized carbons (Fsp3) is 0.571. The van der Waals surface area contributed by atoms with Gasteiger partial charge in [0.05, 0.1) is 13.2 Å². The molecule has 18 heavy (non-hydrogen) atoms. The molecule has 1 heterocycles. The van der Waals surface area contributed by atoms with E-state index in [-0.39, 0.29) is 12.6 Å². The molecule has 1 aliphatic rings. The SMILES string of the molecule is OC[C@@H]1CCCCN1C(O)OCc1ccccc1. The van der Waals surface area contributed by atoms with Gasteiger partial charge in [-0.15, -0.1) is 0 Å². The molecule has 1 unspecified atom stereocenters. The summed E-state index contributed by atoms with van der Waals surface area (Å²) in [6.45, 7) is 1.24. The Labute approximate surface area is 108 Å². The van der Waals surface area contributed by atoms with Crippen LogP contribution in [0.1, 0.15) is 24.8 Å². The maximum absolute atomic E-state index is 10.0. The number of rotatable bonds is 5. The summed E-state index contributed by atoms with van der Waals surface area (Å²) in [7, 11) is 0. The average Bonchev–Trinajstić information content (AvgIpc) is 2.45. The van der Waals surface area contributed by atoms with Crippen molar-refractivity contribution in [3.05, 3.63) is 35.9 Å². The van der Waals surface area contributed by atoms with Gasteiger partial charge < -0.3 is 14.9 Å². The molecule has 4 nitrogen and oxygen atoms in total. The van der Waals surface area contributed by atoms with Crippen LogP contribution in [0.5, 0.6) is 0 Å². The van der Waals surface area contributed by atoms with Crippen LogP contribution in [0.15, 0.2) is 30.3 Å². The normalized spacial score (nSPS) is 22.9. The predicted octanol–water partition coefficient (Wildman–Crippen LogP) is 1.33. The van der Waals surface area contributed by atoms with Crippen LogP contribution in [0.3, 0.4) is 0 Å². The fourth-order valence-corrected chi connectivity index (χ4v) is 2.35. The van der Waals surface area contributed by atoms with Crippen molar-refractivity contribution < 1.29 is 14.9 Å². The second-order valence-corrected chi connectivity index (χ2v) is 4.69. The summed E-state index contributed by atoms with van der Waals surface area (Å²) in [4.78, 5) is 1.84. The van der Waals surface area contributed by atoms with Crippen molar-refractivity contribution in [1.82, 2.24) is 4.90 Å². The van der Waals surface area contributed by atoms with Crippen LogP contribution in [0.4, 0.5) is 0 Å². The highest BCUT2D eigenvalue weighted by atomic mass is 16.6. The average molecular weight is 251 g/mol. The van der Waals surface area contributed by atoms with Crippen LogP contribution in [0.2, 0.25) is 0 Å². The number of hydrogen-bond donors (Lipinski definition) is 2. The maximum Gasteiger partial charge on any atom is 0.216 e. The van der Waals surface area contributed by atoms with Gasteiger partial charge in [-0.05, 0) is 18.4 Å². The number of nitrogens with zero attached hydrogens (tertiary/aromatic N) is 1. The fourth-order valence-electron chi connectivity index (χ4n) is 2.35. The number of hydrogen-bond acceptors (Lipinski definition) is 4. The summed E-state index contributed by atoms with van der Waals surface area (Å²) in [5, 5.41) is 19.3. The molecule has 2 N–H and O–H groups in total. The van der Waals surface area contributed by atoms with Gasteiger partial charge in [-0.2, -0.15) is 0 Å². The first-order valence-corrected chi connectivity index (χ1v) is 6.51. The minimum absolute atomic E-state index is 0.0181. The number of likely N-dealkylation sites (tertiary alicyclic amines) is 1. The summed E-state index contributed by atoms with van der Waals surface area (Å²) in [6.07, 6.45) is 2.14. The van der Waals surface area contributed by atoms with E-state index >= 15 is 0 Å². The first kappa shape index (κ1) is 13.5. The van der Waals surface area contributed by atoms with Crippen LogP contribution < -0.4 is 0 Å². The molecule has 0 spiro atoms. The van der Waals surface area contributed by atoms with Gasteiger partial charge in [-0.1, -0.05) is 36.8 Å². The third kappa shape index (κ3) is 3.53. The standard InChI is InChI=1S/C14H21NO3/c16-10-13-8-4-5-9-15(13)14(17)18-11-12-6-2-1-3-7-12/h1-3,6-7,13-14,16-17H,4-5,8-11H2/t13-,14?/m0/s1. The summed E-state index contributed by atoms with van der Waals surface area (Å²) in [6, 6.07) is 9.79. The second kappa shape index (κ2) is 6.85. The van der Waals surface area contributed by atoms with Gasteiger partial charge in [0.25, 0.3) is 0 Å². The van der Waals surface area contributed by atoms with Gasteiger partial charge in [-0.25, -0.2) is 0 Å². The van der Waals surface area contributed by atoms with Crippen LogP contribution in [0, 0.1) is 0 Å². The monoisotopic (exact) mass is 251 g/mol. The molecular formula is C14H21NO3. The van der Waals surface area contributed by atoms with E-state index in [2.05, 4.69) is 0 Å². The summed E-state index contributed by atoms with van der Waals surface area (Å²) >= 11 is 0. The van der Waals surface area contributed by atoms with Crippen molar-refractivity contribution in [2.24, 2.45) is 0 Å². The van der Waals surface area contributed by atoms with Crippen LogP contribution >= 0.6 is 0 Å². The molecule has 0 aromatic heterocycles. The summed E-state index contributed by atoms with van der Waals surface area (Å²) in [5.41, 5.74) is 1.04. The van der Waals surface area contributed by atoms with Crippen LogP contribution in [-0.4, -0.2) is 40.7 Å². The molecule has 0 radical (unpaired) electrons. The highest BCUT2D eigenvalue weighted by Gasteiger charge is 2.27. The zero-order chi connectivity index (χ0) is 12.8. The number of aliphatic hydroxyl groups excluding tert-OH is 2. The largest absolute Gasteiger partial charge is 0.395 e. The van der Waals surface area contributed by atoms with Crippen molar-refractivity contribution in [1.29, 1.82) is 0 Å².